The molecule has 2 heterocycles. The summed E-state index contributed by atoms with van der Waals surface area (Å²) in [5.74, 6) is -0.250. The Morgan fingerprint density at radius 1 is 1.30 bits per heavy atom. The largest absolute Gasteiger partial charge is 0.505 e. The van der Waals surface area contributed by atoms with Crippen molar-refractivity contribution in [2.24, 2.45) is 0 Å². The molecule has 2 aromatic heterocycles. The highest BCUT2D eigenvalue weighted by Gasteiger charge is 2.16. The Hall–Kier alpha value is -2.10. The average Bonchev–Trinajstić information content (AvgIpc) is 2.84. The lowest BCUT2D eigenvalue weighted by molar-refractivity contribution is 0.479. The predicted molar refractivity (Wildman–Crippen MR) is 82.0 cm³/mol. The first-order chi connectivity index (χ1) is 9.61. The second-order valence-corrected chi connectivity index (χ2v) is 5.95. The molecule has 0 saturated heterocycles. The molecule has 0 fully saturated rings. The second-order valence-electron chi connectivity index (χ2n) is 4.15. The summed E-state index contributed by atoms with van der Waals surface area (Å²) in [6.45, 7) is 0. The summed E-state index contributed by atoms with van der Waals surface area (Å²) in [6, 6.07) is 9.36. The van der Waals surface area contributed by atoms with Crippen LogP contribution in [0.25, 0.3) is 21.3 Å². The molecule has 0 atom stereocenters. The number of nitrogens with one attached hydrogen (secondary N) is 1. The molecule has 2 N–H and O–H groups in total. The molecule has 3 aromatic rings. The number of halogens is 1. The van der Waals surface area contributed by atoms with Gasteiger partial charge >= 0.3 is 0 Å². The van der Waals surface area contributed by atoms with E-state index in [4.69, 9.17) is 5.26 Å². The van der Waals surface area contributed by atoms with Crippen LogP contribution in [0.4, 0.5) is 0 Å². The van der Waals surface area contributed by atoms with E-state index in [9.17, 15) is 9.90 Å². The maximum absolute atomic E-state index is 11.8. The summed E-state index contributed by atoms with van der Waals surface area (Å²) in [6.07, 6.45) is 0. The Labute approximate surface area is 126 Å². The van der Waals surface area contributed by atoms with Crippen LogP contribution in [0.5, 0.6) is 5.75 Å². The van der Waals surface area contributed by atoms with Crippen molar-refractivity contribution in [2.45, 2.75) is 0 Å². The number of fused-ring (bicyclic) bond motifs is 1. The van der Waals surface area contributed by atoms with E-state index in [1.807, 2.05) is 29.6 Å². The number of benzene rings is 1. The molecule has 0 amide bonds. The Morgan fingerprint density at radius 3 is 2.65 bits per heavy atom. The van der Waals surface area contributed by atoms with Gasteiger partial charge in [0.15, 0.2) is 11.3 Å². The quantitative estimate of drug-likeness (QED) is 0.706. The number of nitrogens with zero attached hydrogens (tertiary/aromatic N) is 1. The fraction of sp³-hybridized carbons (Fsp3) is 0. The van der Waals surface area contributed by atoms with Gasteiger partial charge in [0.05, 0.1) is 10.2 Å². The number of aromatic hydroxyl groups is 1. The van der Waals surface area contributed by atoms with Gasteiger partial charge in [-0.15, -0.1) is 11.3 Å². The summed E-state index contributed by atoms with van der Waals surface area (Å²) >= 11 is 4.66. The standard InChI is InChI=1S/C14H7BrN2O2S/c15-8-3-1-7(2-4-8)10-6-20-13-11(10)17-14(19)9(5-16)12(13)18/h1-4,6H,(H2,17,18,19). The van der Waals surface area contributed by atoms with E-state index in [0.29, 0.717) is 10.2 Å². The smallest absolute Gasteiger partial charge is 0.270 e. The number of rotatable bonds is 1. The van der Waals surface area contributed by atoms with Crippen LogP contribution in [0.15, 0.2) is 38.9 Å². The van der Waals surface area contributed by atoms with Crippen LogP contribution < -0.4 is 5.56 Å². The highest BCUT2D eigenvalue weighted by molar-refractivity contribution is 9.10. The predicted octanol–water partition coefficient (Wildman–Crippen LogP) is 3.60. The summed E-state index contributed by atoms with van der Waals surface area (Å²) in [4.78, 5) is 14.5. The first-order valence-electron chi connectivity index (χ1n) is 5.64. The number of H-pyrrole nitrogens is 1. The van der Waals surface area contributed by atoms with Crippen LogP contribution in [0.3, 0.4) is 0 Å². The fourth-order valence-electron chi connectivity index (χ4n) is 2.00. The molecule has 0 unspecified atom stereocenters. The average molecular weight is 347 g/mol. The first-order valence-corrected chi connectivity index (χ1v) is 7.31. The maximum Gasteiger partial charge on any atom is 0.270 e. The lowest BCUT2D eigenvalue weighted by Crippen LogP contribution is -2.09. The molecule has 0 bridgehead atoms. The minimum absolute atomic E-state index is 0.248. The number of nitriles is 1. The van der Waals surface area contributed by atoms with Crippen LogP contribution in [-0.2, 0) is 0 Å². The Morgan fingerprint density at radius 2 is 2.00 bits per heavy atom. The number of hydrogen-bond acceptors (Lipinski definition) is 4. The van der Waals surface area contributed by atoms with E-state index in [0.717, 1.165) is 15.6 Å². The zero-order chi connectivity index (χ0) is 14.3. The molecular formula is C14H7BrN2O2S. The number of aromatic nitrogens is 1. The van der Waals surface area contributed by atoms with Crippen LogP contribution in [0.1, 0.15) is 5.56 Å². The van der Waals surface area contributed by atoms with Gasteiger partial charge in [0.2, 0.25) is 0 Å². The molecule has 0 saturated carbocycles. The van der Waals surface area contributed by atoms with Gasteiger partial charge < -0.3 is 10.1 Å². The Balaban J connectivity index is 2.33. The second kappa shape index (κ2) is 4.78. The van der Waals surface area contributed by atoms with Crippen molar-refractivity contribution >= 4 is 37.5 Å². The first kappa shape index (κ1) is 12.9. The van der Waals surface area contributed by atoms with Crippen molar-refractivity contribution in [2.75, 3.05) is 0 Å². The number of thiophene rings is 1. The molecule has 0 spiro atoms. The molecule has 20 heavy (non-hydrogen) atoms. The normalized spacial score (nSPS) is 10.6. The van der Waals surface area contributed by atoms with E-state index < -0.39 is 5.56 Å². The molecule has 0 radical (unpaired) electrons. The zero-order valence-corrected chi connectivity index (χ0v) is 12.4. The molecular weight excluding hydrogens is 340 g/mol. The van der Waals surface area contributed by atoms with E-state index in [1.165, 1.54) is 11.3 Å². The summed E-state index contributed by atoms with van der Waals surface area (Å²) in [5, 5.41) is 20.7. The molecule has 6 heteroatoms. The molecule has 1 aromatic carbocycles. The highest BCUT2D eigenvalue weighted by Crippen LogP contribution is 2.37. The van der Waals surface area contributed by atoms with Gasteiger partial charge in [-0.3, -0.25) is 4.79 Å². The van der Waals surface area contributed by atoms with Crippen molar-refractivity contribution in [3.8, 4) is 22.9 Å². The number of hydrogen-bond donors (Lipinski definition) is 2. The van der Waals surface area contributed by atoms with Crippen molar-refractivity contribution < 1.29 is 5.11 Å². The lowest BCUT2D eigenvalue weighted by atomic mass is 10.1. The third-order valence-electron chi connectivity index (χ3n) is 2.98. The van der Waals surface area contributed by atoms with Crippen molar-refractivity contribution in [3.63, 3.8) is 0 Å². The van der Waals surface area contributed by atoms with Crippen molar-refractivity contribution in [3.05, 3.63) is 50.0 Å². The number of pyridine rings is 1. The summed E-state index contributed by atoms with van der Waals surface area (Å²) in [5.41, 5.74) is 1.49. The van der Waals surface area contributed by atoms with Gasteiger partial charge in [-0.2, -0.15) is 5.26 Å². The SMILES string of the molecule is N#Cc1c(O)c2scc(-c3ccc(Br)cc3)c2[nH]c1=O. The van der Waals surface area contributed by atoms with E-state index >= 15 is 0 Å². The fourth-order valence-corrected chi connectivity index (χ4v) is 3.25. The summed E-state index contributed by atoms with van der Waals surface area (Å²) < 4.78 is 1.47. The van der Waals surface area contributed by atoms with Gasteiger partial charge in [-0.05, 0) is 17.7 Å². The van der Waals surface area contributed by atoms with Crippen LogP contribution in [0, 0.1) is 11.3 Å². The topological polar surface area (TPSA) is 76.9 Å². The molecule has 0 aliphatic heterocycles. The van der Waals surface area contributed by atoms with Gasteiger partial charge in [-0.1, -0.05) is 28.1 Å². The zero-order valence-electron chi connectivity index (χ0n) is 9.98. The van der Waals surface area contributed by atoms with Crippen LogP contribution in [-0.4, -0.2) is 10.1 Å². The van der Waals surface area contributed by atoms with Crippen molar-refractivity contribution in [1.82, 2.24) is 4.98 Å². The van der Waals surface area contributed by atoms with Crippen molar-refractivity contribution in [1.29, 1.82) is 5.26 Å². The third-order valence-corrected chi connectivity index (χ3v) is 4.49. The van der Waals surface area contributed by atoms with E-state index in [-0.39, 0.29) is 11.3 Å². The van der Waals surface area contributed by atoms with Crippen LogP contribution >= 0.6 is 27.3 Å². The monoisotopic (exact) mass is 346 g/mol. The maximum atomic E-state index is 11.8. The van der Waals surface area contributed by atoms with Gasteiger partial charge in [0, 0.05) is 15.4 Å². The number of aromatic amines is 1. The molecule has 0 aliphatic carbocycles. The lowest BCUT2D eigenvalue weighted by Gasteiger charge is -2.02. The molecule has 98 valence electrons. The minimum atomic E-state index is -0.575. The van der Waals surface area contributed by atoms with Gasteiger partial charge in [0.25, 0.3) is 5.56 Å². The van der Waals surface area contributed by atoms with Gasteiger partial charge in [-0.25, -0.2) is 0 Å². The Bertz CT molecular complexity index is 904. The molecule has 4 nitrogen and oxygen atoms in total. The Kier molecular flexibility index (Phi) is 3.08. The minimum Gasteiger partial charge on any atom is -0.505 e. The van der Waals surface area contributed by atoms with E-state index in [2.05, 4.69) is 20.9 Å². The van der Waals surface area contributed by atoms with Gasteiger partial charge in [0.1, 0.15) is 6.07 Å². The molecule has 0 aliphatic rings. The summed E-state index contributed by atoms with van der Waals surface area (Å²) in [7, 11) is 0. The van der Waals surface area contributed by atoms with Crippen LogP contribution in [0.2, 0.25) is 0 Å². The van der Waals surface area contributed by atoms with E-state index in [1.54, 1.807) is 6.07 Å². The molecule has 3 rings (SSSR count). The highest BCUT2D eigenvalue weighted by atomic mass is 79.9. The third kappa shape index (κ3) is 1.92.